The normalized spacial score (nSPS) is 18.0. The summed E-state index contributed by atoms with van der Waals surface area (Å²) in [6, 6.07) is 13.7. The van der Waals surface area contributed by atoms with E-state index in [1.165, 1.54) is 12.5 Å². The number of rotatable bonds is 3. The molecule has 3 aromatic rings. The fourth-order valence-electron chi connectivity index (χ4n) is 5.03. The molecule has 0 bridgehead atoms. The molecule has 5 rings (SSSR count). The Labute approximate surface area is 180 Å². The quantitative estimate of drug-likeness (QED) is 0.707. The van der Waals surface area contributed by atoms with Crippen molar-refractivity contribution < 1.29 is 9.18 Å². The molecule has 0 saturated carbocycles. The Morgan fingerprint density at radius 3 is 2.65 bits per heavy atom. The van der Waals surface area contributed by atoms with Crippen LogP contribution < -0.4 is 10.7 Å². The van der Waals surface area contributed by atoms with Gasteiger partial charge < -0.3 is 14.8 Å². The number of halogens is 1. The molecule has 0 unspecified atom stereocenters. The summed E-state index contributed by atoms with van der Waals surface area (Å²) in [4.78, 5) is 27.0. The van der Waals surface area contributed by atoms with E-state index in [1.807, 2.05) is 22.8 Å². The van der Waals surface area contributed by atoms with Crippen molar-refractivity contribution in [2.24, 2.45) is 0 Å². The molecule has 1 N–H and O–H groups in total. The van der Waals surface area contributed by atoms with E-state index in [2.05, 4.69) is 5.32 Å². The van der Waals surface area contributed by atoms with E-state index in [0.717, 1.165) is 36.9 Å². The van der Waals surface area contributed by atoms with Crippen molar-refractivity contribution in [2.45, 2.75) is 37.8 Å². The average Bonchev–Trinajstić information content (AvgIpc) is 3.25. The fraction of sp³-hybridized carbons (Fsp3) is 0.360. The molecule has 2 fully saturated rings. The molecule has 2 saturated heterocycles. The standard InChI is InChI=1S/C25H26FN3O2/c26-21-7-6-18(17-29-13-8-23(30)19-4-1-2-5-22(19)29)16-20(21)24(31)28-14-10-25(11-15-28)9-3-12-27-25/h1-2,4-8,13,16,27H,3,9-12,14-15,17H2. The van der Waals surface area contributed by atoms with Gasteiger partial charge in [-0.2, -0.15) is 0 Å². The van der Waals surface area contributed by atoms with Crippen molar-refractivity contribution >= 4 is 16.8 Å². The van der Waals surface area contributed by atoms with Crippen LogP contribution >= 0.6 is 0 Å². The number of carbonyl (C=O) groups is 1. The third-order valence-corrected chi connectivity index (χ3v) is 6.84. The lowest BCUT2D eigenvalue weighted by Crippen LogP contribution is -2.51. The lowest BCUT2D eigenvalue weighted by atomic mass is 9.86. The smallest absolute Gasteiger partial charge is 0.256 e. The molecule has 160 valence electrons. The van der Waals surface area contributed by atoms with Gasteiger partial charge in [-0.25, -0.2) is 4.39 Å². The van der Waals surface area contributed by atoms with E-state index in [1.54, 1.807) is 35.4 Å². The van der Waals surface area contributed by atoms with Crippen LogP contribution in [0.5, 0.6) is 0 Å². The van der Waals surface area contributed by atoms with E-state index in [4.69, 9.17) is 0 Å². The van der Waals surface area contributed by atoms with E-state index < -0.39 is 5.82 Å². The number of fused-ring (bicyclic) bond motifs is 1. The molecule has 0 radical (unpaired) electrons. The zero-order valence-corrected chi connectivity index (χ0v) is 17.4. The Morgan fingerprint density at radius 1 is 1.06 bits per heavy atom. The summed E-state index contributed by atoms with van der Waals surface area (Å²) >= 11 is 0. The van der Waals surface area contributed by atoms with E-state index >= 15 is 0 Å². The van der Waals surface area contributed by atoms with E-state index in [-0.39, 0.29) is 22.4 Å². The number of aromatic nitrogens is 1. The molecular formula is C25H26FN3O2. The van der Waals surface area contributed by atoms with Gasteiger partial charge in [0.2, 0.25) is 0 Å². The number of likely N-dealkylation sites (tertiary alicyclic amines) is 1. The highest BCUT2D eigenvalue weighted by molar-refractivity contribution is 5.94. The molecule has 31 heavy (non-hydrogen) atoms. The molecule has 1 spiro atoms. The molecule has 0 atom stereocenters. The second kappa shape index (κ2) is 7.93. The van der Waals surface area contributed by atoms with Gasteiger partial charge in [0.1, 0.15) is 5.82 Å². The fourth-order valence-corrected chi connectivity index (χ4v) is 5.03. The third kappa shape index (κ3) is 3.76. The van der Waals surface area contributed by atoms with Gasteiger partial charge in [-0.15, -0.1) is 0 Å². The van der Waals surface area contributed by atoms with Gasteiger partial charge in [0.15, 0.2) is 5.43 Å². The number of hydrogen-bond acceptors (Lipinski definition) is 3. The van der Waals surface area contributed by atoms with Crippen LogP contribution in [-0.4, -0.2) is 40.5 Å². The van der Waals surface area contributed by atoms with Crippen LogP contribution in [0.25, 0.3) is 10.9 Å². The number of piperidine rings is 1. The molecule has 1 aromatic heterocycles. The molecular weight excluding hydrogens is 393 g/mol. The van der Waals surface area contributed by atoms with Crippen LogP contribution in [0.2, 0.25) is 0 Å². The van der Waals surface area contributed by atoms with Crippen LogP contribution in [0.3, 0.4) is 0 Å². The molecule has 0 aliphatic carbocycles. The van der Waals surface area contributed by atoms with Gasteiger partial charge in [-0.3, -0.25) is 9.59 Å². The Morgan fingerprint density at radius 2 is 1.87 bits per heavy atom. The molecule has 5 nitrogen and oxygen atoms in total. The Bertz CT molecular complexity index is 1190. The minimum absolute atomic E-state index is 0.0264. The lowest BCUT2D eigenvalue weighted by Gasteiger charge is -2.39. The van der Waals surface area contributed by atoms with E-state index in [9.17, 15) is 14.0 Å². The summed E-state index contributed by atoms with van der Waals surface area (Å²) in [5.74, 6) is -0.727. The minimum atomic E-state index is -0.488. The van der Waals surface area contributed by atoms with Crippen LogP contribution in [0.15, 0.2) is 59.5 Å². The maximum absolute atomic E-state index is 14.6. The molecule has 6 heteroatoms. The van der Waals surface area contributed by atoms with Crippen molar-refractivity contribution in [3.8, 4) is 0 Å². The van der Waals surface area contributed by atoms with Crippen molar-refractivity contribution in [2.75, 3.05) is 19.6 Å². The van der Waals surface area contributed by atoms with E-state index in [0.29, 0.717) is 25.0 Å². The molecule has 2 aromatic carbocycles. The Balaban J connectivity index is 1.38. The number of pyridine rings is 1. The summed E-state index contributed by atoms with van der Waals surface area (Å²) in [5.41, 5.74) is 1.91. The Kier molecular flexibility index (Phi) is 5.10. The van der Waals surface area contributed by atoms with Crippen molar-refractivity contribution in [1.29, 1.82) is 0 Å². The highest BCUT2D eigenvalue weighted by Crippen LogP contribution is 2.31. The summed E-state index contributed by atoms with van der Waals surface area (Å²) in [6.07, 6.45) is 5.93. The van der Waals surface area contributed by atoms with Crippen molar-refractivity contribution in [3.05, 3.63) is 81.9 Å². The number of nitrogens with zero attached hydrogens (tertiary/aromatic N) is 2. The topological polar surface area (TPSA) is 54.3 Å². The number of nitrogens with one attached hydrogen (secondary N) is 1. The van der Waals surface area contributed by atoms with Gasteiger partial charge >= 0.3 is 0 Å². The van der Waals surface area contributed by atoms with Gasteiger partial charge in [0.25, 0.3) is 5.91 Å². The molecule has 2 aliphatic rings. The first-order chi connectivity index (χ1) is 15.0. The molecule has 1 amide bonds. The molecule has 2 aliphatic heterocycles. The predicted octanol–water partition coefficient (Wildman–Crippen LogP) is 3.55. The predicted molar refractivity (Wildman–Crippen MR) is 119 cm³/mol. The third-order valence-electron chi connectivity index (χ3n) is 6.84. The van der Waals surface area contributed by atoms with Crippen molar-refractivity contribution in [3.63, 3.8) is 0 Å². The SMILES string of the molecule is O=C(c1cc(Cn2ccc(=O)c3ccccc32)ccc1F)N1CCC2(CCCN2)CC1. The number of para-hydroxylation sites is 1. The summed E-state index contributed by atoms with van der Waals surface area (Å²) < 4.78 is 16.6. The zero-order valence-electron chi connectivity index (χ0n) is 17.4. The number of benzene rings is 2. The maximum Gasteiger partial charge on any atom is 0.256 e. The van der Waals surface area contributed by atoms with Gasteiger partial charge in [0.05, 0.1) is 11.1 Å². The summed E-state index contributed by atoms with van der Waals surface area (Å²) in [6.45, 7) is 2.80. The van der Waals surface area contributed by atoms with Crippen LogP contribution in [-0.2, 0) is 6.54 Å². The van der Waals surface area contributed by atoms with Crippen LogP contribution in [0, 0.1) is 5.82 Å². The second-order valence-corrected chi connectivity index (χ2v) is 8.74. The number of carbonyl (C=O) groups excluding carboxylic acids is 1. The average molecular weight is 420 g/mol. The Hall–Kier alpha value is -2.99. The van der Waals surface area contributed by atoms with Gasteiger partial charge in [-0.05, 0) is 62.1 Å². The number of hydrogen-bond donors (Lipinski definition) is 1. The second-order valence-electron chi connectivity index (χ2n) is 8.74. The van der Waals surface area contributed by atoms with Crippen LogP contribution in [0.4, 0.5) is 4.39 Å². The maximum atomic E-state index is 14.6. The first-order valence-electron chi connectivity index (χ1n) is 11.0. The first kappa shape index (κ1) is 19.9. The van der Waals surface area contributed by atoms with Gasteiger partial charge in [-0.1, -0.05) is 18.2 Å². The highest BCUT2D eigenvalue weighted by Gasteiger charge is 2.38. The first-order valence-corrected chi connectivity index (χ1v) is 11.0. The summed E-state index contributed by atoms with van der Waals surface area (Å²) in [5, 5.41) is 4.25. The highest BCUT2D eigenvalue weighted by atomic mass is 19.1. The molecule has 3 heterocycles. The lowest BCUT2D eigenvalue weighted by molar-refractivity contribution is 0.0652. The van der Waals surface area contributed by atoms with Crippen LogP contribution in [0.1, 0.15) is 41.6 Å². The zero-order chi connectivity index (χ0) is 21.4. The summed E-state index contributed by atoms with van der Waals surface area (Å²) in [7, 11) is 0. The minimum Gasteiger partial charge on any atom is -0.343 e. The van der Waals surface area contributed by atoms with Crippen molar-refractivity contribution in [1.82, 2.24) is 14.8 Å². The number of amides is 1. The largest absolute Gasteiger partial charge is 0.343 e. The van der Waals surface area contributed by atoms with Gasteiger partial charge in [0, 0.05) is 42.8 Å². The monoisotopic (exact) mass is 419 g/mol.